The average molecular weight is 637 g/mol. The molecule has 0 radical (unpaired) electrons. The molecule has 2 unspecified atom stereocenters. The molecule has 2 amide bonds. The number of amides is 2. The Kier molecular flexibility index (Phi) is 8.29. The largest absolute Gasteiger partial charge is 0.444 e. The fraction of sp³-hybridized carbons (Fsp3) is 0.459. The number of benzene rings is 2. The minimum Gasteiger partial charge on any atom is -0.444 e. The van der Waals surface area contributed by atoms with E-state index in [0.29, 0.717) is 13.1 Å². The Hall–Kier alpha value is -4.78. The van der Waals surface area contributed by atoms with Gasteiger partial charge in [-0.25, -0.2) is 14.6 Å². The number of H-pyrrole nitrogens is 2. The highest BCUT2D eigenvalue weighted by atomic mass is 16.6. The summed E-state index contributed by atoms with van der Waals surface area (Å²) >= 11 is 0. The number of ether oxygens (including phenoxy) is 2. The lowest BCUT2D eigenvalue weighted by molar-refractivity contribution is 0.00861. The summed E-state index contributed by atoms with van der Waals surface area (Å²) in [6, 6.07) is 15.8. The summed E-state index contributed by atoms with van der Waals surface area (Å²) in [6.07, 6.45) is 2.87. The van der Waals surface area contributed by atoms with Crippen LogP contribution in [-0.4, -0.2) is 66.4 Å². The van der Waals surface area contributed by atoms with Gasteiger partial charge in [0.25, 0.3) is 0 Å². The number of imidazole rings is 1. The fourth-order valence-electron chi connectivity index (χ4n) is 6.31. The second-order valence-electron chi connectivity index (χ2n) is 14.7. The third kappa shape index (κ3) is 6.99. The first-order valence-electron chi connectivity index (χ1n) is 16.4. The van der Waals surface area contributed by atoms with E-state index < -0.39 is 16.7 Å². The number of likely N-dealkylation sites (tertiary alicyclic amines) is 2. The number of carbonyl (C=O) groups is 2. The number of fused-ring (bicyclic) bond motifs is 1. The van der Waals surface area contributed by atoms with Crippen LogP contribution in [0.25, 0.3) is 22.3 Å². The number of aromatic amines is 2. The molecule has 2 aliphatic heterocycles. The van der Waals surface area contributed by atoms with Crippen molar-refractivity contribution in [3.8, 4) is 23.1 Å². The van der Waals surface area contributed by atoms with Crippen molar-refractivity contribution in [1.82, 2.24) is 30.0 Å². The fourth-order valence-corrected chi connectivity index (χ4v) is 6.31. The summed E-state index contributed by atoms with van der Waals surface area (Å²) in [7, 11) is 0. The Morgan fingerprint density at radius 3 is 2.30 bits per heavy atom. The first-order chi connectivity index (χ1) is 22.2. The van der Waals surface area contributed by atoms with Gasteiger partial charge in [0.2, 0.25) is 0 Å². The third-order valence-electron chi connectivity index (χ3n) is 8.62. The molecule has 2 saturated heterocycles. The van der Waals surface area contributed by atoms with Crippen molar-refractivity contribution in [2.45, 2.75) is 96.9 Å². The molecular formula is C37H44N6O4. The van der Waals surface area contributed by atoms with Gasteiger partial charge in [-0.15, -0.1) is 0 Å². The van der Waals surface area contributed by atoms with Crippen LogP contribution < -0.4 is 0 Å². The highest BCUT2D eigenvalue weighted by molar-refractivity contribution is 5.78. The van der Waals surface area contributed by atoms with Gasteiger partial charge in [-0.1, -0.05) is 24.0 Å². The number of nitrogens with one attached hydrogen (secondary N) is 2. The molecular weight excluding hydrogens is 592 g/mol. The molecule has 4 aromatic rings. The predicted octanol–water partition coefficient (Wildman–Crippen LogP) is 7.67. The molecule has 0 saturated carbocycles. The van der Waals surface area contributed by atoms with E-state index in [-0.39, 0.29) is 18.2 Å². The molecule has 4 heterocycles. The van der Waals surface area contributed by atoms with Crippen molar-refractivity contribution < 1.29 is 19.1 Å². The summed E-state index contributed by atoms with van der Waals surface area (Å²) in [5.74, 6) is 7.29. The highest BCUT2D eigenvalue weighted by Gasteiger charge is 2.45. The average Bonchev–Trinajstić information content (AvgIpc) is 3.79. The summed E-state index contributed by atoms with van der Waals surface area (Å²) in [6.45, 7) is 14.6. The van der Waals surface area contributed by atoms with Gasteiger partial charge in [0.05, 0.1) is 28.5 Å². The lowest BCUT2D eigenvalue weighted by atomic mass is 9.98. The third-order valence-corrected chi connectivity index (χ3v) is 8.62. The Labute approximate surface area is 276 Å². The smallest absolute Gasteiger partial charge is 0.411 e. The highest BCUT2D eigenvalue weighted by Crippen LogP contribution is 2.39. The standard InChI is InChI=1S/C37H44N6O4/c1-35(2,3)46-33(44)42-20-8-10-31(42)30-23-28(40-41-30)26-16-13-24(14-17-26)11-12-25-15-18-27-29(22-25)39-32(38-27)37(7)19-9-21-43(37)34(45)47-36(4,5)6/h13-18,22-23,31H,8-10,19-21H2,1-7H3,(H,38,39)(H,40,41). The summed E-state index contributed by atoms with van der Waals surface area (Å²) in [5, 5.41) is 7.69. The summed E-state index contributed by atoms with van der Waals surface area (Å²) in [4.78, 5) is 37.7. The Balaban J connectivity index is 1.14. The van der Waals surface area contributed by atoms with E-state index in [1.54, 1.807) is 9.80 Å². The Morgan fingerprint density at radius 1 is 0.894 bits per heavy atom. The van der Waals surface area contributed by atoms with E-state index in [9.17, 15) is 9.59 Å². The maximum Gasteiger partial charge on any atom is 0.411 e. The zero-order chi connectivity index (χ0) is 33.6. The molecule has 2 fully saturated rings. The summed E-state index contributed by atoms with van der Waals surface area (Å²) in [5.41, 5.74) is 4.47. The van der Waals surface area contributed by atoms with E-state index in [4.69, 9.17) is 14.5 Å². The predicted molar refractivity (Wildman–Crippen MR) is 181 cm³/mol. The first-order valence-corrected chi connectivity index (χ1v) is 16.4. The van der Waals surface area contributed by atoms with Gasteiger partial charge in [0.1, 0.15) is 22.6 Å². The molecule has 2 atom stereocenters. The van der Waals surface area contributed by atoms with Crippen LogP contribution in [0.4, 0.5) is 9.59 Å². The molecule has 246 valence electrons. The van der Waals surface area contributed by atoms with Crippen molar-refractivity contribution in [2.24, 2.45) is 0 Å². The van der Waals surface area contributed by atoms with E-state index in [2.05, 4.69) is 27.0 Å². The van der Waals surface area contributed by atoms with E-state index in [1.807, 2.05) is 97.0 Å². The minimum absolute atomic E-state index is 0.0792. The lowest BCUT2D eigenvalue weighted by Gasteiger charge is -2.34. The van der Waals surface area contributed by atoms with Crippen LogP contribution in [0.1, 0.15) is 103 Å². The second-order valence-corrected chi connectivity index (χ2v) is 14.7. The Morgan fingerprint density at radius 2 is 1.57 bits per heavy atom. The molecule has 10 nitrogen and oxygen atoms in total. The van der Waals surface area contributed by atoms with Gasteiger partial charge >= 0.3 is 12.2 Å². The van der Waals surface area contributed by atoms with Crippen molar-refractivity contribution in [2.75, 3.05) is 13.1 Å². The monoisotopic (exact) mass is 636 g/mol. The molecule has 2 aromatic heterocycles. The number of rotatable bonds is 3. The quantitative estimate of drug-likeness (QED) is 0.223. The molecule has 10 heteroatoms. The molecule has 0 bridgehead atoms. The number of carbonyl (C=O) groups excluding carboxylic acids is 2. The molecule has 6 rings (SSSR count). The van der Waals surface area contributed by atoms with Gasteiger partial charge in [0, 0.05) is 29.8 Å². The van der Waals surface area contributed by atoms with E-state index in [0.717, 1.165) is 70.6 Å². The number of nitrogens with zero attached hydrogens (tertiary/aromatic N) is 4. The van der Waals surface area contributed by atoms with Crippen LogP contribution in [0.15, 0.2) is 48.5 Å². The molecule has 47 heavy (non-hydrogen) atoms. The number of hydrogen-bond acceptors (Lipinski definition) is 6. The van der Waals surface area contributed by atoms with Crippen LogP contribution in [0.5, 0.6) is 0 Å². The molecule has 0 aliphatic carbocycles. The SMILES string of the molecule is CC(C)(C)OC(=O)N1CCCC1c1cc(-c2ccc(C#Cc3ccc4nc(C5(C)CCCN5C(=O)OC(C)(C)C)[nH]c4c3)cc2)n[nH]1. The number of aromatic nitrogens is 4. The van der Waals surface area contributed by atoms with Crippen molar-refractivity contribution in [1.29, 1.82) is 0 Å². The van der Waals surface area contributed by atoms with Gasteiger partial charge in [0.15, 0.2) is 0 Å². The maximum atomic E-state index is 13.0. The Bertz CT molecular complexity index is 1850. The van der Waals surface area contributed by atoms with Crippen molar-refractivity contribution in [3.63, 3.8) is 0 Å². The first kappa shape index (κ1) is 32.2. The van der Waals surface area contributed by atoms with Crippen LogP contribution >= 0.6 is 0 Å². The molecule has 2 aromatic carbocycles. The van der Waals surface area contributed by atoms with Gasteiger partial charge in [-0.2, -0.15) is 5.10 Å². The van der Waals surface area contributed by atoms with E-state index >= 15 is 0 Å². The van der Waals surface area contributed by atoms with Crippen LogP contribution in [0.2, 0.25) is 0 Å². The molecule has 0 spiro atoms. The van der Waals surface area contributed by atoms with Gasteiger partial charge < -0.3 is 14.5 Å². The van der Waals surface area contributed by atoms with Crippen molar-refractivity contribution in [3.05, 3.63) is 71.2 Å². The van der Waals surface area contributed by atoms with Gasteiger partial charge in [-0.3, -0.25) is 14.9 Å². The zero-order valence-corrected chi connectivity index (χ0v) is 28.4. The van der Waals surface area contributed by atoms with Crippen LogP contribution in [-0.2, 0) is 15.0 Å². The number of hydrogen-bond donors (Lipinski definition) is 2. The van der Waals surface area contributed by atoms with E-state index in [1.165, 1.54) is 0 Å². The second kappa shape index (κ2) is 12.1. The van der Waals surface area contributed by atoms with Crippen LogP contribution in [0.3, 0.4) is 0 Å². The summed E-state index contributed by atoms with van der Waals surface area (Å²) < 4.78 is 11.3. The topological polar surface area (TPSA) is 116 Å². The lowest BCUT2D eigenvalue weighted by Crippen LogP contribution is -2.46. The minimum atomic E-state index is -0.571. The zero-order valence-electron chi connectivity index (χ0n) is 28.4. The normalized spacial score (nSPS) is 19.9. The maximum absolute atomic E-state index is 13.0. The van der Waals surface area contributed by atoms with Crippen molar-refractivity contribution >= 4 is 23.2 Å². The van der Waals surface area contributed by atoms with Crippen LogP contribution in [0, 0.1) is 11.8 Å². The van der Waals surface area contributed by atoms with Gasteiger partial charge in [-0.05, 0) is 111 Å². The molecule has 2 N–H and O–H groups in total. The molecule has 2 aliphatic rings.